The molecule has 0 aliphatic rings. The minimum absolute atomic E-state index is 0.121. The molecule has 0 atom stereocenters. The van der Waals surface area contributed by atoms with E-state index in [1.54, 1.807) is 11.8 Å². The van der Waals surface area contributed by atoms with Crippen LogP contribution in [-0.2, 0) is 9.53 Å². The van der Waals surface area contributed by atoms with Gasteiger partial charge in [-0.05, 0) is 39.0 Å². The second-order valence-corrected chi connectivity index (χ2v) is 7.44. The number of aromatic nitrogens is 4. The summed E-state index contributed by atoms with van der Waals surface area (Å²) in [7, 11) is 0. The fraction of sp³-hybridized carbons (Fsp3) is 0.316. The van der Waals surface area contributed by atoms with Crippen LogP contribution in [0.2, 0.25) is 0 Å². The number of aryl methyl sites for hydroxylation is 3. The minimum Gasteiger partial charge on any atom is -0.450 e. The van der Waals surface area contributed by atoms with E-state index < -0.39 is 5.97 Å². The summed E-state index contributed by atoms with van der Waals surface area (Å²) < 4.78 is 6.46. The number of hydrogen-bond donors (Lipinski definition) is 1. The van der Waals surface area contributed by atoms with Gasteiger partial charge < -0.3 is 10.1 Å². The standard InChI is InChI=1S/C19H21N5O3S/c1-12-4-6-15(7-5-12)28-9-8-20-16(25)11-27-18(26)17-22-19-21-13(2)10-14(3)24(19)23-17/h4-7,10H,8-9,11H2,1-3H3,(H,20,25). The van der Waals surface area contributed by atoms with Gasteiger partial charge in [-0.2, -0.15) is 4.98 Å². The van der Waals surface area contributed by atoms with Gasteiger partial charge in [-0.15, -0.1) is 16.9 Å². The third kappa shape index (κ3) is 5.07. The van der Waals surface area contributed by atoms with Crippen LogP contribution in [0.25, 0.3) is 5.78 Å². The van der Waals surface area contributed by atoms with Crippen molar-refractivity contribution in [1.29, 1.82) is 0 Å². The van der Waals surface area contributed by atoms with Crippen molar-refractivity contribution in [3.63, 3.8) is 0 Å². The Balaban J connectivity index is 1.43. The van der Waals surface area contributed by atoms with E-state index in [1.807, 2.05) is 51.1 Å². The molecule has 0 saturated heterocycles. The van der Waals surface area contributed by atoms with Gasteiger partial charge in [-0.25, -0.2) is 14.3 Å². The fourth-order valence-electron chi connectivity index (χ4n) is 2.49. The topological polar surface area (TPSA) is 98.5 Å². The number of thioether (sulfide) groups is 1. The molecule has 0 fully saturated rings. The number of nitrogens with one attached hydrogen (secondary N) is 1. The Morgan fingerprint density at radius 2 is 1.89 bits per heavy atom. The number of hydrogen-bond acceptors (Lipinski definition) is 7. The number of ether oxygens (including phenoxy) is 1. The predicted octanol–water partition coefficient (Wildman–Crippen LogP) is 2.11. The highest BCUT2D eigenvalue weighted by Crippen LogP contribution is 2.17. The summed E-state index contributed by atoms with van der Waals surface area (Å²) in [5, 5.41) is 6.80. The molecule has 0 saturated carbocycles. The molecule has 0 aliphatic carbocycles. The zero-order valence-corrected chi connectivity index (χ0v) is 16.7. The average Bonchev–Trinajstić information content (AvgIpc) is 3.09. The molecule has 1 amide bonds. The number of rotatable bonds is 7. The smallest absolute Gasteiger partial charge is 0.378 e. The molecule has 0 radical (unpaired) electrons. The van der Waals surface area contributed by atoms with Crippen molar-refractivity contribution in [1.82, 2.24) is 24.9 Å². The molecule has 0 unspecified atom stereocenters. The summed E-state index contributed by atoms with van der Waals surface area (Å²) in [4.78, 5) is 33.3. The molecule has 0 aliphatic heterocycles. The van der Waals surface area contributed by atoms with E-state index >= 15 is 0 Å². The van der Waals surface area contributed by atoms with E-state index in [-0.39, 0.29) is 18.3 Å². The highest BCUT2D eigenvalue weighted by molar-refractivity contribution is 7.99. The quantitative estimate of drug-likeness (QED) is 0.369. The Kier molecular flexibility index (Phi) is 6.25. The van der Waals surface area contributed by atoms with E-state index in [2.05, 4.69) is 20.4 Å². The molecule has 3 rings (SSSR count). The summed E-state index contributed by atoms with van der Waals surface area (Å²) in [6.45, 7) is 5.81. The van der Waals surface area contributed by atoms with Gasteiger partial charge >= 0.3 is 5.97 Å². The van der Waals surface area contributed by atoms with E-state index in [4.69, 9.17) is 4.74 Å². The Hall–Kier alpha value is -2.94. The summed E-state index contributed by atoms with van der Waals surface area (Å²) in [6, 6.07) is 10.0. The largest absolute Gasteiger partial charge is 0.450 e. The van der Waals surface area contributed by atoms with Crippen LogP contribution in [0.3, 0.4) is 0 Å². The Morgan fingerprint density at radius 1 is 1.14 bits per heavy atom. The Bertz CT molecular complexity index is 1000. The zero-order chi connectivity index (χ0) is 20.1. The van der Waals surface area contributed by atoms with E-state index in [9.17, 15) is 9.59 Å². The summed E-state index contributed by atoms with van der Waals surface area (Å²) in [6.07, 6.45) is 0. The Labute approximate surface area is 166 Å². The molecule has 2 aromatic heterocycles. The van der Waals surface area contributed by atoms with Gasteiger partial charge in [0.15, 0.2) is 6.61 Å². The predicted molar refractivity (Wildman–Crippen MR) is 105 cm³/mol. The highest BCUT2D eigenvalue weighted by atomic mass is 32.2. The second kappa shape index (κ2) is 8.83. The van der Waals surface area contributed by atoms with Crippen LogP contribution in [0.4, 0.5) is 0 Å². The van der Waals surface area contributed by atoms with Crippen LogP contribution in [0, 0.1) is 20.8 Å². The third-order valence-electron chi connectivity index (χ3n) is 3.85. The molecule has 3 aromatic rings. The van der Waals surface area contributed by atoms with E-state index in [0.29, 0.717) is 12.3 Å². The van der Waals surface area contributed by atoms with Gasteiger partial charge in [0.05, 0.1) is 0 Å². The first-order valence-electron chi connectivity index (χ1n) is 8.76. The highest BCUT2D eigenvalue weighted by Gasteiger charge is 2.17. The van der Waals surface area contributed by atoms with Gasteiger partial charge in [0, 0.05) is 28.6 Å². The van der Waals surface area contributed by atoms with Gasteiger partial charge in [-0.1, -0.05) is 17.7 Å². The van der Waals surface area contributed by atoms with Crippen LogP contribution in [0.5, 0.6) is 0 Å². The monoisotopic (exact) mass is 399 g/mol. The second-order valence-electron chi connectivity index (χ2n) is 6.27. The molecule has 2 heterocycles. The minimum atomic E-state index is -0.758. The lowest BCUT2D eigenvalue weighted by molar-refractivity contribution is -0.124. The SMILES string of the molecule is Cc1ccc(SCCNC(=O)COC(=O)c2nc3nc(C)cc(C)n3n2)cc1. The van der Waals surface area contributed by atoms with Crippen LogP contribution in [0.1, 0.15) is 27.6 Å². The molecular weight excluding hydrogens is 378 g/mol. The van der Waals surface area contributed by atoms with Gasteiger partial charge in [0.2, 0.25) is 0 Å². The first-order chi connectivity index (χ1) is 13.4. The summed E-state index contributed by atoms with van der Waals surface area (Å²) in [5.41, 5.74) is 2.79. The first-order valence-corrected chi connectivity index (χ1v) is 9.75. The molecule has 0 bridgehead atoms. The first kappa shape index (κ1) is 19.8. The van der Waals surface area contributed by atoms with Crippen molar-refractivity contribution in [3.05, 3.63) is 53.1 Å². The van der Waals surface area contributed by atoms with E-state index in [1.165, 1.54) is 10.1 Å². The number of carbonyl (C=O) groups is 2. The van der Waals surface area contributed by atoms with Crippen LogP contribution in [0.15, 0.2) is 35.2 Å². The zero-order valence-electron chi connectivity index (χ0n) is 15.9. The molecule has 1 aromatic carbocycles. The molecule has 8 nitrogen and oxygen atoms in total. The van der Waals surface area contributed by atoms with Crippen molar-refractivity contribution >= 4 is 29.4 Å². The maximum Gasteiger partial charge on any atom is 0.378 e. The lowest BCUT2D eigenvalue weighted by atomic mass is 10.2. The van der Waals surface area contributed by atoms with Crippen molar-refractivity contribution in [3.8, 4) is 0 Å². The number of benzene rings is 1. The Morgan fingerprint density at radius 3 is 2.64 bits per heavy atom. The number of fused-ring (bicyclic) bond motifs is 1. The molecular formula is C19H21N5O3S. The number of esters is 1. The third-order valence-corrected chi connectivity index (χ3v) is 4.86. The van der Waals surface area contributed by atoms with Crippen molar-refractivity contribution in [2.75, 3.05) is 18.9 Å². The maximum absolute atomic E-state index is 12.1. The van der Waals surface area contributed by atoms with Crippen molar-refractivity contribution < 1.29 is 14.3 Å². The maximum atomic E-state index is 12.1. The lowest BCUT2D eigenvalue weighted by Gasteiger charge is -2.06. The molecule has 9 heteroatoms. The van der Waals surface area contributed by atoms with Gasteiger partial charge in [0.1, 0.15) is 0 Å². The molecule has 28 heavy (non-hydrogen) atoms. The lowest BCUT2D eigenvalue weighted by Crippen LogP contribution is -2.30. The summed E-state index contributed by atoms with van der Waals surface area (Å²) >= 11 is 1.65. The molecule has 1 N–H and O–H groups in total. The fourth-order valence-corrected chi connectivity index (χ4v) is 3.26. The van der Waals surface area contributed by atoms with Crippen molar-refractivity contribution in [2.45, 2.75) is 25.7 Å². The number of carbonyl (C=O) groups excluding carboxylic acids is 2. The van der Waals surface area contributed by atoms with Crippen LogP contribution in [-0.4, -0.2) is 50.4 Å². The molecule has 0 spiro atoms. The molecule has 146 valence electrons. The van der Waals surface area contributed by atoms with Gasteiger partial charge in [-0.3, -0.25) is 4.79 Å². The normalized spacial score (nSPS) is 10.8. The number of nitrogens with zero attached hydrogens (tertiary/aromatic N) is 4. The van der Waals surface area contributed by atoms with E-state index in [0.717, 1.165) is 22.0 Å². The van der Waals surface area contributed by atoms with Crippen LogP contribution >= 0.6 is 11.8 Å². The summed E-state index contributed by atoms with van der Waals surface area (Å²) in [5.74, 6) is -0.203. The average molecular weight is 399 g/mol. The van der Waals surface area contributed by atoms with Gasteiger partial charge in [0.25, 0.3) is 17.5 Å². The van der Waals surface area contributed by atoms with Crippen LogP contribution < -0.4 is 5.32 Å². The van der Waals surface area contributed by atoms with Crippen molar-refractivity contribution in [2.24, 2.45) is 0 Å². The number of amides is 1.